The minimum Gasteiger partial charge on any atom is -0.352 e. The van der Waals surface area contributed by atoms with Crippen molar-refractivity contribution in [3.8, 4) is 0 Å². The Morgan fingerprint density at radius 1 is 1.30 bits per heavy atom. The van der Waals surface area contributed by atoms with Gasteiger partial charge in [0.2, 0.25) is 5.91 Å². The van der Waals surface area contributed by atoms with Gasteiger partial charge in [-0.3, -0.25) is 4.79 Å². The van der Waals surface area contributed by atoms with Crippen LogP contribution in [0.3, 0.4) is 0 Å². The van der Waals surface area contributed by atoms with Crippen molar-refractivity contribution in [2.45, 2.75) is 72.0 Å². The van der Waals surface area contributed by atoms with Crippen molar-refractivity contribution < 1.29 is 4.79 Å². The molecule has 3 atom stereocenters. The fourth-order valence-electron chi connectivity index (χ4n) is 2.81. The average molecular weight is 283 g/mol. The SMILES string of the molecule is CCCC(C)NC(=O)C(C)NCC1CCN(C(C)C)C1. The maximum Gasteiger partial charge on any atom is 0.237 e. The van der Waals surface area contributed by atoms with Gasteiger partial charge in [-0.1, -0.05) is 13.3 Å². The van der Waals surface area contributed by atoms with Crippen molar-refractivity contribution in [1.82, 2.24) is 15.5 Å². The van der Waals surface area contributed by atoms with Gasteiger partial charge in [0, 0.05) is 18.6 Å². The van der Waals surface area contributed by atoms with Crippen LogP contribution in [0.4, 0.5) is 0 Å². The maximum atomic E-state index is 12.0. The Morgan fingerprint density at radius 2 is 2.00 bits per heavy atom. The second kappa shape index (κ2) is 8.63. The highest BCUT2D eigenvalue weighted by Crippen LogP contribution is 2.17. The van der Waals surface area contributed by atoms with E-state index >= 15 is 0 Å². The van der Waals surface area contributed by atoms with E-state index < -0.39 is 0 Å². The fourth-order valence-corrected chi connectivity index (χ4v) is 2.81. The molecule has 0 aromatic rings. The number of nitrogens with one attached hydrogen (secondary N) is 2. The molecule has 3 unspecified atom stereocenters. The normalized spacial score (nSPS) is 23.0. The summed E-state index contributed by atoms with van der Waals surface area (Å²) in [4.78, 5) is 14.5. The molecule has 0 radical (unpaired) electrons. The van der Waals surface area contributed by atoms with Crippen LogP contribution in [-0.2, 0) is 4.79 Å². The van der Waals surface area contributed by atoms with Gasteiger partial charge in [0.15, 0.2) is 0 Å². The lowest BCUT2D eigenvalue weighted by Gasteiger charge is -2.22. The molecular weight excluding hydrogens is 250 g/mol. The Labute approximate surface area is 124 Å². The summed E-state index contributed by atoms with van der Waals surface area (Å²) in [6.45, 7) is 14.0. The molecule has 2 N–H and O–H groups in total. The highest BCUT2D eigenvalue weighted by Gasteiger charge is 2.25. The van der Waals surface area contributed by atoms with Crippen molar-refractivity contribution in [1.29, 1.82) is 0 Å². The first-order valence-corrected chi connectivity index (χ1v) is 8.21. The van der Waals surface area contributed by atoms with Crippen molar-refractivity contribution >= 4 is 5.91 Å². The topological polar surface area (TPSA) is 44.4 Å². The molecule has 1 fully saturated rings. The van der Waals surface area contributed by atoms with Crippen molar-refractivity contribution in [2.24, 2.45) is 5.92 Å². The summed E-state index contributed by atoms with van der Waals surface area (Å²) in [7, 11) is 0. The molecule has 1 aliphatic heterocycles. The lowest BCUT2D eigenvalue weighted by Crippen LogP contribution is -2.46. The number of carbonyl (C=O) groups excluding carboxylic acids is 1. The molecule has 4 heteroatoms. The minimum atomic E-state index is -0.0950. The molecule has 0 saturated carbocycles. The Bertz CT molecular complexity index is 293. The number of amides is 1. The molecule has 0 bridgehead atoms. The van der Waals surface area contributed by atoms with Crippen LogP contribution >= 0.6 is 0 Å². The molecule has 0 aromatic carbocycles. The molecule has 118 valence electrons. The van der Waals surface area contributed by atoms with Crippen LogP contribution in [0.15, 0.2) is 0 Å². The number of hydrogen-bond acceptors (Lipinski definition) is 3. The molecule has 1 saturated heterocycles. The van der Waals surface area contributed by atoms with Crippen LogP contribution in [0, 0.1) is 5.92 Å². The first kappa shape index (κ1) is 17.4. The van der Waals surface area contributed by atoms with E-state index in [9.17, 15) is 4.79 Å². The zero-order chi connectivity index (χ0) is 15.1. The third-order valence-corrected chi connectivity index (χ3v) is 4.26. The van der Waals surface area contributed by atoms with Gasteiger partial charge < -0.3 is 15.5 Å². The zero-order valence-corrected chi connectivity index (χ0v) is 13.9. The second-order valence-electron chi connectivity index (χ2n) is 6.57. The second-order valence-corrected chi connectivity index (χ2v) is 6.57. The van der Waals surface area contributed by atoms with Crippen LogP contribution in [0.5, 0.6) is 0 Å². The molecule has 4 nitrogen and oxygen atoms in total. The molecule has 0 spiro atoms. The van der Waals surface area contributed by atoms with Gasteiger partial charge in [-0.05, 0) is 59.5 Å². The summed E-state index contributed by atoms with van der Waals surface area (Å²) >= 11 is 0. The van der Waals surface area contributed by atoms with E-state index in [0.717, 1.165) is 25.9 Å². The third-order valence-electron chi connectivity index (χ3n) is 4.26. The van der Waals surface area contributed by atoms with E-state index in [2.05, 4.69) is 43.2 Å². The summed E-state index contributed by atoms with van der Waals surface area (Å²) in [5, 5.41) is 6.46. The molecule has 1 heterocycles. The average Bonchev–Trinajstić information content (AvgIpc) is 2.85. The quantitative estimate of drug-likeness (QED) is 0.716. The molecule has 1 aliphatic rings. The first-order valence-electron chi connectivity index (χ1n) is 8.21. The lowest BCUT2D eigenvalue weighted by atomic mass is 10.1. The van der Waals surface area contributed by atoms with Gasteiger partial charge in [-0.25, -0.2) is 0 Å². The summed E-state index contributed by atoms with van der Waals surface area (Å²) in [6.07, 6.45) is 3.40. The summed E-state index contributed by atoms with van der Waals surface area (Å²) < 4.78 is 0. The van der Waals surface area contributed by atoms with Crippen molar-refractivity contribution in [2.75, 3.05) is 19.6 Å². The smallest absolute Gasteiger partial charge is 0.237 e. The molecule has 0 aliphatic carbocycles. The summed E-state index contributed by atoms with van der Waals surface area (Å²) in [5.41, 5.74) is 0. The Morgan fingerprint density at radius 3 is 2.55 bits per heavy atom. The Balaban J connectivity index is 2.22. The molecule has 1 amide bonds. The van der Waals surface area contributed by atoms with E-state index in [1.54, 1.807) is 0 Å². The van der Waals surface area contributed by atoms with Crippen LogP contribution in [-0.4, -0.2) is 48.6 Å². The van der Waals surface area contributed by atoms with Gasteiger partial charge in [-0.2, -0.15) is 0 Å². The monoisotopic (exact) mass is 283 g/mol. The number of likely N-dealkylation sites (tertiary alicyclic amines) is 1. The molecule has 0 aromatic heterocycles. The minimum absolute atomic E-state index is 0.0950. The number of nitrogens with zero attached hydrogens (tertiary/aromatic N) is 1. The molecule has 20 heavy (non-hydrogen) atoms. The van der Waals surface area contributed by atoms with Gasteiger partial charge >= 0.3 is 0 Å². The van der Waals surface area contributed by atoms with Crippen molar-refractivity contribution in [3.63, 3.8) is 0 Å². The predicted molar refractivity (Wildman–Crippen MR) is 84.8 cm³/mol. The van der Waals surface area contributed by atoms with E-state index in [1.807, 2.05) is 6.92 Å². The predicted octanol–water partition coefficient (Wildman–Crippen LogP) is 2.00. The fraction of sp³-hybridized carbons (Fsp3) is 0.938. The first-order chi connectivity index (χ1) is 9.43. The lowest BCUT2D eigenvalue weighted by molar-refractivity contribution is -0.123. The van der Waals surface area contributed by atoms with E-state index in [4.69, 9.17) is 0 Å². The van der Waals surface area contributed by atoms with Crippen LogP contribution in [0.1, 0.15) is 53.9 Å². The number of rotatable bonds is 8. The highest BCUT2D eigenvalue weighted by molar-refractivity contribution is 5.81. The molecule has 1 rings (SSSR count). The standard InChI is InChI=1S/C16H33N3O/c1-6-7-13(4)18-16(20)14(5)17-10-15-8-9-19(11-15)12(2)3/h12-15,17H,6-11H2,1-5H3,(H,18,20). The number of hydrogen-bond donors (Lipinski definition) is 2. The van der Waals surface area contributed by atoms with Gasteiger partial charge in [0.05, 0.1) is 6.04 Å². The van der Waals surface area contributed by atoms with E-state index in [1.165, 1.54) is 13.0 Å². The highest BCUT2D eigenvalue weighted by atomic mass is 16.2. The Kier molecular flexibility index (Phi) is 7.52. The van der Waals surface area contributed by atoms with Gasteiger partial charge in [0.1, 0.15) is 0 Å². The molecular formula is C16H33N3O. The van der Waals surface area contributed by atoms with Crippen molar-refractivity contribution in [3.05, 3.63) is 0 Å². The van der Waals surface area contributed by atoms with Crippen LogP contribution in [0.2, 0.25) is 0 Å². The van der Waals surface area contributed by atoms with E-state index in [-0.39, 0.29) is 18.0 Å². The summed E-state index contributed by atoms with van der Waals surface area (Å²) in [6, 6.07) is 0.817. The van der Waals surface area contributed by atoms with E-state index in [0.29, 0.717) is 12.0 Å². The van der Waals surface area contributed by atoms with Gasteiger partial charge in [-0.15, -0.1) is 0 Å². The summed E-state index contributed by atoms with van der Waals surface area (Å²) in [5.74, 6) is 0.811. The van der Waals surface area contributed by atoms with Crippen LogP contribution in [0.25, 0.3) is 0 Å². The van der Waals surface area contributed by atoms with Gasteiger partial charge in [0.25, 0.3) is 0 Å². The zero-order valence-electron chi connectivity index (χ0n) is 13.9. The van der Waals surface area contributed by atoms with Crippen LogP contribution < -0.4 is 10.6 Å². The third kappa shape index (κ3) is 5.80. The Hall–Kier alpha value is -0.610. The largest absolute Gasteiger partial charge is 0.352 e. The maximum absolute atomic E-state index is 12.0. The number of carbonyl (C=O) groups is 1.